The average molecular weight is 235 g/mol. The minimum atomic E-state index is 0.410. The number of carbonyl (C=O) groups excluding carboxylic acids is 2. The van der Waals surface area contributed by atoms with Crippen LogP contribution in [0.25, 0.3) is 6.08 Å². The maximum Gasteiger partial charge on any atom is 0.181 e. The van der Waals surface area contributed by atoms with Gasteiger partial charge in [-0.3, -0.25) is 9.59 Å². The van der Waals surface area contributed by atoms with Gasteiger partial charge in [-0.2, -0.15) is 0 Å². The van der Waals surface area contributed by atoms with E-state index in [1.807, 2.05) is 43.3 Å². The zero-order valence-corrected chi connectivity index (χ0v) is 10.0. The van der Waals surface area contributed by atoms with Gasteiger partial charge >= 0.3 is 0 Å². The molecule has 1 rings (SSSR count). The van der Waals surface area contributed by atoms with Crippen LogP contribution in [0.15, 0.2) is 29.2 Å². The van der Waals surface area contributed by atoms with Gasteiger partial charge in [0.15, 0.2) is 11.9 Å². The van der Waals surface area contributed by atoms with Gasteiger partial charge < -0.3 is 4.90 Å². The number of allylic oxidation sites excluding steroid dienone is 1. The van der Waals surface area contributed by atoms with Crippen molar-refractivity contribution >= 4 is 35.4 Å². The van der Waals surface area contributed by atoms with Crippen LogP contribution in [0.2, 0.25) is 0 Å². The average Bonchev–Trinajstić information content (AvgIpc) is 2.29. The van der Waals surface area contributed by atoms with Gasteiger partial charge in [0.05, 0.1) is 4.91 Å². The van der Waals surface area contributed by atoms with Gasteiger partial charge in [0.1, 0.15) is 0 Å². The van der Waals surface area contributed by atoms with Crippen LogP contribution in [-0.2, 0) is 9.59 Å². The smallest absolute Gasteiger partial charge is 0.181 e. The van der Waals surface area contributed by atoms with Crippen molar-refractivity contribution < 1.29 is 9.59 Å². The molecule has 4 heteroatoms. The summed E-state index contributed by atoms with van der Waals surface area (Å²) in [6, 6.07) is 7.73. The number of rotatable bonds is 5. The third-order valence-corrected chi connectivity index (χ3v) is 2.60. The van der Waals surface area contributed by atoms with Gasteiger partial charge in [-0.1, -0.05) is 23.9 Å². The predicted molar refractivity (Wildman–Crippen MR) is 69.2 cm³/mol. The number of thioether (sulfide) groups is 1. The van der Waals surface area contributed by atoms with Crippen molar-refractivity contribution in [2.45, 2.75) is 0 Å². The van der Waals surface area contributed by atoms with Gasteiger partial charge in [-0.25, -0.2) is 0 Å². The molecule has 0 bridgehead atoms. The highest BCUT2D eigenvalue weighted by molar-refractivity contribution is 8.16. The molecule has 84 valence electrons. The summed E-state index contributed by atoms with van der Waals surface area (Å²) in [5.74, 6) is 0. The van der Waals surface area contributed by atoms with E-state index in [1.165, 1.54) is 0 Å². The van der Waals surface area contributed by atoms with Crippen LogP contribution >= 0.6 is 11.8 Å². The summed E-state index contributed by atoms with van der Waals surface area (Å²) in [5, 5.41) is 0. The number of hydrogen-bond donors (Lipinski definition) is 0. The summed E-state index contributed by atoms with van der Waals surface area (Å²) < 4.78 is 0. The molecule has 16 heavy (non-hydrogen) atoms. The Hall–Kier alpha value is -1.55. The second-order valence-electron chi connectivity index (χ2n) is 3.36. The molecule has 0 unspecified atom stereocenters. The lowest BCUT2D eigenvalue weighted by molar-refractivity contribution is -0.104. The summed E-state index contributed by atoms with van der Waals surface area (Å²) in [6.45, 7) is 0. The maximum absolute atomic E-state index is 10.6. The SMILES string of the molecule is CN(C)c1ccc(/C=C(\C=O)SC=O)cc1. The lowest BCUT2D eigenvalue weighted by Crippen LogP contribution is -2.07. The Morgan fingerprint density at radius 1 is 1.19 bits per heavy atom. The Morgan fingerprint density at radius 3 is 2.25 bits per heavy atom. The molecule has 1 aromatic rings. The summed E-state index contributed by atoms with van der Waals surface area (Å²) in [7, 11) is 3.92. The lowest BCUT2D eigenvalue weighted by atomic mass is 10.2. The molecule has 0 saturated heterocycles. The summed E-state index contributed by atoms with van der Waals surface area (Å²) in [5.41, 5.74) is 2.64. The molecule has 0 aliphatic rings. The molecule has 0 fully saturated rings. The first kappa shape index (κ1) is 12.5. The molecule has 0 radical (unpaired) electrons. The lowest BCUT2D eigenvalue weighted by Gasteiger charge is -2.11. The van der Waals surface area contributed by atoms with E-state index in [0.29, 0.717) is 16.8 Å². The molecular weight excluding hydrogens is 222 g/mol. The van der Waals surface area contributed by atoms with E-state index in [9.17, 15) is 9.59 Å². The quantitative estimate of drug-likeness (QED) is 0.579. The molecule has 0 atom stereocenters. The molecule has 0 spiro atoms. The first-order valence-corrected chi connectivity index (χ1v) is 5.60. The highest BCUT2D eigenvalue weighted by atomic mass is 32.2. The van der Waals surface area contributed by atoms with E-state index in [-0.39, 0.29) is 0 Å². The zero-order valence-electron chi connectivity index (χ0n) is 9.21. The van der Waals surface area contributed by atoms with Crippen LogP contribution < -0.4 is 4.90 Å². The fourth-order valence-electron chi connectivity index (χ4n) is 1.18. The topological polar surface area (TPSA) is 37.4 Å². The highest BCUT2D eigenvalue weighted by Gasteiger charge is 1.97. The molecule has 0 saturated carbocycles. The fraction of sp³-hybridized carbons (Fsp3) is 0.167. The van der Waals surface area contributed by atoms with Gasteiger partial charge in [0.25, 0.3) is 0 Å². The number of aldehydes is 1. The van der Waals surface area contributed by atoms with E-state index < -0.39 is 0 Å². The van der Waals surface area contributed by atoms with Crippen molar-refractivity contribution in [1.82, 2.24) is 0 Å². The number of nitrogens with zero attached hydrogens (tertiary/aromatic N) is 1. The summed E-state index contributed by atoms with van der Waals surface area (Å²) in [4.78, 5) is 23.3. The minimum absolute atomic E-state index is 0.410. The Bertz CT molecular complexity index is 396. The Balaban J connectivity index is 2.88. The van der Waals surface area contributed by atoms with Crippen LogP contribution in [-0.4, -0.2) is 26.0 Å². The van der Waals surface area contributed by atoms with Crippen molar-refractivity contribution in [2.24, 2.45) is 0 Å². The third kappa shape index (κ3) is 3.55. The van der Waals surface area contributed by atoms with Gasteiger partial charge in [-0.15, -0.1) is 0 Å². The summed E-state index contributed by atoms with van der Waals surface area (Å²) >= 11 is 0.884. The Labute approximate surface area is 99.1 Å². The number of carbonyl (C=O) groups is 2. The molecule has 0 N–H and O–H groups in total. The van der Waals surface area contributed by atoms with Crippen LogP contribution in [0.1, 0.15) is 5.56 Å². The number of anilines is 1. The van der Waals surface area contributed by atoms with Crippen LogP contribution in [0.5, 0.6) is 0 Å². The fourth-order valence-corrected chi connectivity index (χ4v) is 1.56. The molecular formula is C12H13NO2S. The minimum Gasteiger partial charge on any atom is -0.378 e. The standard InChI is InChI=1S/C12H13NO2S/c1-13(2)11-5-3-10(4-6-11)7-12(8-14)16-9-15/h3-9H,1-2H3/b12-7+. The van der Waals surface area contributed by atoms with Crippen LogP contribution in [0.4, 0.5) is 5.69 Å². The maximum atomic E-state index is 10.6. The monoisotopic (exact) mass is 235 g/mol. The second-order valence-corrected chi connectivity index (χ2v) is 4.26. The first-order valence-electron chi connectivity index (χ1n) is 4.72. The first-order chi connectivity index (χ1) is 7.67. The van der Waals surface area contributed by atoms with Crippen molar-refractivity contribution in [3.05, 3.63) is 34.7 Å². The van der Waals surface area contributed by atoms with Gasteiger partial charge in [-0.05, 0) is 23.8 Å². The molecule has 0 aromatic heterocycles. The molecule has 0 aliphatic heterocycles. The van der Waals surface area contributed by atoms with Gasteiger partial charge in [0.2, 0.25) is 0 Å². The molecule has 0 amide bonds. The van der Waals surface area contributed by atoms with Crippen molar-refractivity contribution in [3.8, 4) is 0 Å². The van der Waals surface area contributed by atoms with E-state index >= 15 is 0 Å². The van der Waals surface area contributed by atoms with E-state index in [1.54, 1.807) is 6.08 Å². The second kappa shape index (κ2) is 6.12. The van der Waals surface area contributed by atoms with Crippen molar-refractivity contribution in [2.75, 3.05) is 19.0 Å². The van der Waals surface area contributed by atoms with Crippen LogP contribution in [0.3, 0.4) is 0 Å². The zero-order chi connectivity index (χ0) is 12.0. The molecule has 1 aromatic carbocycles. The molecule has 0 aliphatic carbocycles. The number of benzene rings is 1. The van der Waals surface area contributed by atoms with Crippen molar-refractivity contribution in [3.63, 3.8) is 0 Å². The normalized spacial score (nSPS) is 11.0. The van der Waals surface area contributed by atoms with E-state index in [0.717, 1.165) is 23.0 Å². The highest BCUT2D eigenvalue weighted by Crippen LogP contribution is 2.17. The molecule has 3 nitrogen and oxygen atoms in total. The summed E-state index contributed by atoms with van der Waals surface area (Å²) in [6.07, 6.45) is 2.37. The molecule has 0 heterocycles. The van der Waals surface area contributed by atoms with Crippen molar-refractivity contribution in [1.29, 1.82) is 0 Å². The van der Waals surface area contributed by atoms with E-state index in [2.05, 4.69) is 0 Å². The van der Waals surface area contributed by atoms with Gasteiger partial charge in [0, 0.05) is 19.8 Å². The Kier molecular flexibility index (Phi) is 4.79. The third-order valence-electron chi connectivity index (χ3n) is 2.02. The van der Waals surface area contributed by atoms with Crippen LogP contribution in [0, 0.1) is 0 Å². The number of hydrogen-bond acceptors (Lipinski definition) is 4. The van der Waals surface area contributed by atoms with E-state index in [4.69, 9.17) is 0 Å². The predicted octanol–water partition coefficient (Wildman–Crippen LogP) is 2.22. The largest absolute Gasteiger partial charge is 0.378 e. The Morgan fingerprint density at radius 2 is 1.81 bits per heavy atom.